The molecule has 1 fully saturated rings. The van der Waals surface area contributed by atoms with Crippen LogP contribution in [0.4, 0.5) is 0 Å². The van der Waals surface area contributed by atoms with E-state index in [9.17, 15) is 4.79 Å². The van der Waals surface area contributed by atoms with Crippen molar-refractivity contribution in [1.82, 2.24) is 4.90 Å². The van der Waals surface area contributed by atoms with Gasteiger partial charge in [0.1, 0.15) is 0 Å². The lowest BCUT2D eigenvalue weighted by molar-refractivity contribution is 0.0284. The molecule has 0 aliphatic carbocycles. The summed E-state index contributed by atoms with van der Waals surface area (Å²) in [5, 5.41) is 0.839. The van der Waals surface area contributed by atoms with Crippen LogP contribution in [0.5, 0.6) is 11.5 Å². The smallest absolute Gasteiger partial charge is 0.289 e. The highest BCUT2D eigenvalue weighted by Crippen LogP contribution is 2.40. The van der Waals surface area contributed by atoms with Crippen LogP contribution in [0, 0.1) is 0 Å². The van der Waals surface area contributed by atoms with E-state index in [1.54, 1.807) is 11.0 Å². The van der Waals surface area contributed by atoms with E-state index in [1.807, 2.05) is 12.1 Å². The Balaban J connectivity index is 1.72. The number of hydrogen-bond donors (Lipinski definition) is 0. The molecule has 6 heteroatoms. The Morgan fingerprint density at radius 3 is 2.85 bits per heavy atom. The van der Waals surface area contributed by atoms with Gasteiger partial charge in [-0.1, -0.05) is 0 Å². The average Bonchev–Trinajstić information content (AvgIpc) is 3.12. The molecule has 0 atom stereocenters. The number of ether oxygens (including phenoxy) is 3. The maximum absolute atomic E-state index is 12.4. The summed E-state index contributed by atoms with van der Waals surface area (Å²) in [7, 11) is 0. The van der Waals surface area contributed by atoms with Crippen LogP contribution in [0.1, 0.15) is 10.6 Å². The van der Waals surface area contributed by atoms with E-state index in [4.69, 9.17) is 18.6 Å². The largest absolute Gasteiger partial charge is 0.453 e. The lowest BCUT2D eigenvalue weighted by Gasteiger charge is -2.25. The second kappa shape index (κ2) is 4.42. The van der Waals surface area contributed by atoms with Gasteiger partial charge in [-0.15, -0.1) is 0 Å². The normalized spacial score (nSPS) is 17.7. The molecular weight excluding hydrogens is 262 g/mol. The first kappa shape index (κ1) is 11.6. The third-order valence-electron chi connectivity index (χ3n) is 3.53. The Labute approximate surface area is 114 Å². The first-order valence-corrected chi connectivity index (χ1v) is 6.52. The third kappa shape index (κ3) is 1.72. The number of carbonyl (C=O) groups excluding carboxylic acids is 1. The number of carbonyl (C=O) groups is 1. The topological polar surface area (TPSA) is 61.1 Å². The molecule has 0 saturated carbocycles. The van der Waals surface area contributed by atoms with Gasteiger partial charge in [-0.3, -0.25) is 4.79 Å². The summed E-state index contributed by atoms with van der Waals surface area (Å²) in [6.45, 7) is 2.50. The van der Waals surface area contributed by atoms with Gasteiger partial charge in [0.25, 0.3) is 5.91 Å². The minimum Gasteiger partial charge on any atom is -0.453 e. The predicted molar refractivity (Wildman–Crippen MR) is 69.1 cm³/mol. The number of benzene rings is 1. The second-order valence-electron chi connectivity index (χ2n) is 4.73. The van der Waals surface area contributed by atoms with E-state index in [2.05, 4.69) is 0 Å². The summed E-state index contributed by atoms with van der Waals surface area (Å²) in [6, 6.07) is 5.43. The summed E-state index contributed by atoms with van der Waals surface area (Å²) in [6.07, 6.45) is 0. The molecule has 0 N–H and O–H groups in total. The van der Waals surface area contributed by atoms with Crippen LogP contribution in [0.25, 0.3) is 11.0 Å². The van der Waals surface area contributed by atoms with Crippen molar-refractivity contribution in [3.63, 3.8) is 0 Å². The van der Waals surface area contributed by atoms with Crippen LogP contribution < -0.4 is 9.47 Å². The van der Waals surface area contributed by atoms with Crippen molar-refractivity contribution < 1.29 is 23.4 Å². The number of morpholine rings is 1. The minimum absolute atomic E-state index is 0.114. The van der Waals surface area contributed by atoms with Crippen molar-refractivity contribution in [1.29, 1.82) is 0 Å². The van der Waals surface area contributed by atoms with E-state index in [-0.39, 0.29) is 12.7 Å². The molecule has 2 aliphatic heterocycles. The highest BCUT2D eigenvalue weighted by atomic mass is 16.7. The van der Waals surface area contributed by atoms with E-state index >= 15 is 0 Å². The maximum Gasteiger partial charge on any atom is 0.289 e. The molecule has 1 saturated heterocycles. The van der Waals surface area contributed by atoms with Crippen molar-refractivity contribution in [3.8, 4) is 11.5 Å². The first-order valence-electron chi connectivity index (χ1n) is 6.52. The van der Waals surface area contributed by atoms with Gasteiger partial charge in [-0.05, 0) is 18.2 Å². The highest BCUT2D eigenvalue weighted by molar-refractivity contribution is 5.98. The molecule has 6 nitrogen and oxygen atoms in total. The molecule has 1 aromatic carbocycles. The number of amides is 1. The number of fused-ring (bicyclic) bond motifs is 3. The molecule has 2 aromatic rings. The first-order chi connectivity index (χ1) is 9.83. The van der Waals surface area contributed by atoms with Gasteiger partial charge in [-0.2, -0.15) is 0 Å². The molecule has 0 bridgehead atoms. The van der Waals surface area contributed by atoms with Gasteiger partial charge in [0.05, 0.1) is 13.2 Å². The number of nitrogens with zero attached hydrogens (tertiary/aromatic N) is 1. The Kier molecular flexibility index (Phi) is 2.56. The lowest BCUT2D eigenvalue weighted by atomic mass is 10.2. The van der Waals surface area contributed by atoms with Gasteiger partial charge in [-0.25, -0.2) is 0 Å². The molecule has 104 valence electrons. The number of rotatable bonds is 1. The van der Waals surface area contributed by atoms with Crippen molar-refractivity contribution >= 4 is 16.9 Å². The van der Waals surface area contributed by atoms with Gasteiger partial charge >= 0.3 is 0 Å². The molecule has 3 heterocycles. The van der Waals surface area contributed by atoms with Crippen molar-refractivity contribution in [2.45, 2.75) is 0 Å². The molecule has 4 rings (SSSR count). The van der Waals surface area contributed by atoms with E-state index in [1.165, 1.54) is 0 Å². The molecule has 2 aliphatic rings. The van der Waals surface area contributed by atoms with E-state index in [0.29, 0.717) is 49.1 Å². The summed E-state index contributed by atoms with van der Waals surface area (Å²) in [4.78, 5) is 14.1. The van der Waals surface area contributed by atoms with E-state index in [0.717, 1.165) is 5.39 Å². The zero-order chi connectivity index (χ0) is 13.5. The number of furan rings is 1. The lowest BCUT2D eigenvalue weighted by Crippen LogP contribution is -2.40. The summed E-state index contributed by atoms with van der Waals surface area (Å²) in [5.74, 6) is 1.43. The Bertz CT molecular complexity index is 671. The summed E-state index contributed by atoms with van der Waals surface area (Å²) < 4.78 is 21.6. The van der Waals surface area contributed by atoms with Gasteiger partial charge in [0, 0.05) is 18.5 Å². The Morgan fingerprint density at radius 1 is 1.15 bits per heavy atom. The average molecular weight is 275 g/mol. The van der Waals surface area contributed by atoms with Crippen LogP contribution >= 0.6 is 0 Å². The van der Waals surface area contributed by atoms with Crippen LogP contribution in [0.3, 0.4) is 0 Å². The zero-order valence-electron chi connectivity index (χ0n) is 10.8. The fourth-order valence-corrected chi connectivity index (χ4v) is 2.49. The zero-order valence-corrected chi connectivity index (χ0v) is 10.8. The standard InChI is InChI=1S/C14H13NO5/c16-14(15-3-5-17-6-4-15)11-7-9-1-2-10-13(12(9)20-11)19-8-18-10/h1-2,7H,3-6,8H2. The SMILES string of the molecule is O=C(c1cc2ccc3c(c2o1)OCO3)N1CCOCC1. The molecule has 0 unspecified atom stereocenters. The number of hydrogen-bond acceptors (Lipinski definition) is 5. The summed E-state index contributed by atoms with van der Waals surface area (Å²) >= 11 is 0. The minimum atomic E-state index is -0.114. The quantitative estimate of drug-likeness (QED) is 0.791. The van der Waals surface area contributed by atoms with Crippen molar-refractivity contribution in [2.24, 2.45) is 0 Å². The fourth-order valence-electron chi connectivity index (χ4n) is 2.49. The van der Waals surface area contributed by atoms with Gasteiger partial charge in [0.2, 0.25) is 12.5 Å². The van der Waals surface area contributed by atoms with Gasteiger partial charge < -0.3 is 23.5 Å². The fraction of sp³-hybridized carbons (Fsp3) is 0.357. The molecule has 0 radical (unpaired) electrons. The Hall–Kier alpha value is -2.21. The van der Waals surface area contributed by atoms with Gasteiger partial charge in [0.15, 0.2) is 17.1 Å². The Morgan fingerprint density at radius 2 is 2.00 bits per heavy atom. The molecule has 1 aromatic heterocycles. The predicted octanol–water partition coefficient (Wildman–Crippen LogP) is 1.63. The van der Waals surface area contributed by atoms with Crippen LogP contribution in [0.15, 0.2) is 22.6 Å². The van der Waals surface area contributed by atoms with Crippen LogP contribution in [-0.4, -0.2) is 43.9 Å². The van der Waals surface area contributed by atoms with E-state index < -0.39 is 0 Å². The summed E-state index contributed by atoms with van der Waals surface area (Å²) in [5.41, 5.74) is 0.566. The van der Waals surface area contributed by atoms with Crippen molar-refractivity contribution in [3.05, 3.63) is 24.0 Å². The second-order valence-corrected chi connectivity index (χ2v) is 4.73. The highest BCUT2D eigenvalue weighted by Gasteiger charge is 2.25. The molecule has 1 amide bonds. The van der Waals surface area contributed by atoms with Crippen molar-refractivity contribution in [2.75, 3.05) is 33.1 Å². The molecule has 20 heavy (non-hydrogen) atoms. The molecule has 0 spiro atoms. The maximum atomic E-state index is 12.4. The third-order valence-corrected chi connectivity index (χ3v) is 3.53. The van der Waals surface area contributed by atoms with Crippen LogP contribution in [-0.2, 0) is 4.74 Å². The monoisotopic (exact) mass is 275 g/mol. The molecular formula is C14H13NO5. The van der Waals surface area contributed by atoms with Crippen LogP contribution in [0.2, 0.25) is 0 Å².